The van der Waals surface area contributed by atoms with Gasteiger partial charge in [-0.15, -0.1) is 0 Å². The lowest BCUT2D eigenvalue weighted by atomic mass is 10.0. The fourth-order valence-corrected chi connectivity index (χ4v) is 4.39. The van der Waals surface area contributed by atoms with Gasteiger partial charge < -0.3 is 19.3 Å². The molecule has 1 unspecified atom stereocenters. The highest BCUT2D eigenvalue weighted by Crippen LogP contribution is 2.25. The fourth-order valence-electron chi connectivity index (χ4n) is 4.39. The van der Waals surface area contributed by atoms with Crippen LogP contribution in [-0.4, -0.2) is 54.6 Å². The number of esters is 2. The minimum absolute atomic E-state index is 0.0937. The molecule has 0 aliphatic carbocycles. The van der Waals surface area contributed by atoms with Crippen molar-refractivity contribution in [3.05, 3.63) is 65.2 Å². The molecule has 2 aromatic rings. The molecule has 1 amide bonds. The number of para-hydroxylation sites is 1. The molecule has 190 valence electrons. The largest absolute Gasteiger partial charge is 0.462 e. The molecule has 0 aliphatic rings. The highest BCUT2D eigenvalue weighted by Gasteiger charge is 2.41. The van der Waals surface area contributed by atoms with E-state index in [1.54, 1.807) is 19.1 Å². The zero-order valence-corrected chi connectivity index (χ0v) is 21.6. The molecule has 0 spiro atoms. The Labute approximate surface area is 209 Å². The number of nitrogens with one attached hydrogen (secondary N) is 1. The molecule has 2 rings (SSSR count). The van der Waals surface area contributed by atoms with Gasteiger partial charge >= 0.3 is 11.9 Å². The van der Waals surface area contributed by atoms with Gasteiger partial charge in [0.15, 0.2) is 12.6 Å². The Kier molecular flexibility index (Phi) is 10.9. The van der Waals surface area contributed by atoms with Crippen LogP contribution in [-0.2, 0) is 25.7 Å². The lowest BCUT2D eigenvalue weighted by Gasteiger charge is -2.42. The Morgan fingerprint density at radius 3 is 2.20 bits per heavy atom. The number of hydrogen-bond acceptors (Lipinski definition) is 5. The molecule has 0 saturated heterocycles. The van der Waals surface area contributed by atoms with Crippen molar-refractivity contribution in [2.45, 2.75) is 60.1 Å². The summed E-state index contributed by atoms with van der Waals surface area (Å²) in [5, 5.41) is 3.00. The van der Waals surface area contributed by atoms with Crippen molar-refractivity contribution >= 4 is 23.5 Å². The summed E-state index contributed by atoms with van der Waals surface area (Å²) in [4.78, 5) is 39.1. The van der Waals surface area contributed by atoms with Gasteiger partial charge in [-0.1, -0.05) is 49.4 Å². The van der Waals surface area contributed by atoms with E-state index >= 15 is 0 Å². The van der Waals surface area contributed by atoms with E-state index in [2.05, 4.69) is 5.32 Å². The smallest absolute Gasteiger partial charge is 0.362 e. The summed E-state index contributed by atoms with van der Waals surface area (Å²) >= 11 is 0. The number of quaternary nitrogens is 1. The molecular formula is C28H39N2O5+. The van der Waals surface area contributed by atoms with Crippen molar-refractivity contribution in [1.29, 1.82) is 0 Å². The van der Waals surface area contributed by atoms with E-state index in [0.717, 1.165) is 17.5 Å². The van der Waals surface area contributed by atoms with E-state index in [9.17, 15) is 14.4 Å². The topological polar surface area (TPSA) is 81.7 Å². The number of rotatable bonds is 13. The molecule has 0 bridgehead atoms. The second kappa shape index (κ2) is 13.6. The third-order valence-corrected chi connectivity index (χ3v) is 6.49. The number of hydrogen-bond donors (Lipinski definition) is 1. The van der Waals surface area contributed by atoms with Crippen molar-refractivity contribution in [2.24, 2.45) is 0 Å². The molecule has 0 aromatic heterocycles. The van der Waals surface area contributed by atoms with Crippen molar-refractivity contribution in [3.63, 3.8) is 0 Å². The molecule has 2 aromatic carbocycles. The van der Waals surface area contributed by atoms with Crippen LogP contribution in [0.4, 0.5) is 5.69 Å². The number of likely N-dealkylation sites (N-methyl/N-ethyl adjacent to an activating group) is 1. The van der Waals surface area contributed by atoms with Crippen LogP contribution in [0.15, 0.2) is 48.5 Å². The number of carbonyl (C=O) groups excluding carboxylic acids is 3. The minimum atomic E-state index is -0.478. The van der Waals surface area contributed by atoms with Crippen LogP contribution >= 0.6 is 0 Å². The summed E-state index contributed by atoms with van der Waals surface area (Å²) in [6.07, 6.45) is 1.37. The maximum atomic E-state index is 13.7. The first kappa shape index (κ1) is 28.1. The Balaban J connectivity index is 2.27. The Morgan fingerprint density at radius 2 is 1.60 bits per heavy atom. The number of carbonyl (C=O) groups is 3. The van der Waals surface area contributed by atoms with Gasteiger partial charge in [0.05, 0.1) is 30.9 Å². The summed E-state index contributed by atoms with van der Waals surface area (Å²) < 4.78 is 11.0. The van der Waals surface area contributed by atoms with Gasteiger partial charge in [0.2, 0.25) is 0 Å². The normalized spacial score (nSPS) is 12.0. The highest BCUT2D eigenvalue weighted by atomic mass is 16.5. The number of nitrogens with zero attached hydrogens (tertiary/aromatic N) is 1. The van der Waals surface area contributed by atoms with Crippen molar-refractivity contribution < 1.29 is 28.3 Å². The van der Waals surface area contributed by atoms with Gasteiger partial charge in [-0.3, -0.25) is 4.79 Å². The summed E-state index contributed by atoms with van der Waals surface area (Å²) in [6.45, 7) is 11.3. The number of aryl methyl sites for hydroxylation is 1. The standard InChI is InChI=1S/C28H38N2O5/c1-6-14-24(27(32)29-26-21(5)15-13-18-23(26)28(33)34-9-4)30(7-2,8-3)19-25(31)35-20-22-16-11-10-12-17-22/h10-13,15-18,24H,6-9,14,19-20H2,1-5H3/p+1. The summed E-state index contributed by atoms with van der Waals surface area (Å²) in [7, 11) is 0. The predicted molar refractivity (Wildman–Crippen MR) is 137 cm³/mol. The lowest BCUT2D eigenvalue weighted by Crippen LogP contribution is -2.62. The molecule has 7 heteroatoms. The third kappa shape index (κ3) is 7.39. The summed E-state index contributed by atoms with van der Waals surface area (Å²) in [5.41, 5.74) is 2.46. The van der Waals surface area contributed by atoms with Crippen LogP contribution in [0.3, 0.4) is 0 Å². The third-order valence-electron chi connectivity index (χ3n) is 6.49. The number of ether oxygens (including phenoxy) is 2. The Morgan fingerprint density at radius 1 is 0.914 bits per heavy atom. The van der Waals surface area contributed by atoms with Gasteiger partial charge in [-0.25, -0.2) is 9.59 Å². The maximum Gasteiger partial charge on any atom is 0.362 e. The first-order valence-electron chi connectivity index (χ1n) is 12.4. The Hall–Kier alpha value is -3.19. The zero-order valence-electron chi connectivity index (χ0n) is 21.6. The van der Waals surface area contributed by atoms with E-state index in [4.69, 9.17) is 9.47 Å². The quantitative estimate of drug-likeness (QED) is 0.324. The SMILES string of the molecule is CCCC(C(=O)Nc1c(C)cccc1C(=O)OCC)[N+](CC)(CC)CC(=O)OCc1ccccc1. The van der Waals surface area contributed by atoms with Crippen LogP contribution in [0, 0.1) is 6.92 Å². The molecular weight excluding hydrogens is 444 g/mol. The van der Waals surface area contributed by atoms with Gasteiger partial charge in [0, 0.05) is 6.42 Å². The molecule has 0 saturated carbocycles. The van der Waals surface area contributed by atoms with E-state index in [1.165, 1.54) is 0 Å². The Bertz CT molecular complexity index is 986. The molecule has 0 radical (unpaired) electrons. The van der Waals surface area contributed by atoms with Crippen molar-refractivity contribution in [2.75, 3.05) is 31.6 Å². The second-order valence-electron chi connectivity index (χ2n) is 8.67. The first-order valence-corrected chi connectivity index (χ1v) is 12.4. The van der Waals surface area contributed by atoms with Crippen LogP contribution in [0.25, 0.3) is 0 Å². The number of amides is 1. The van der Waals surface area contributed by atoms with Crippen molar-refractivity contribution in [3.8, 4) is 0 Å². The van der Waals surface area contributed by atoms with E-state index in [0.29, 0.717) is 30.8 Å². The number of anilines is 1. The van der Waals surface area contributed by atoms with E-state index in [-0.39, 0.29) is 36.1 Å². The molecule has 35 heavy (non-hydrogen) atoms. The number of benzene rings is 2. The minimum Gasteiger partial charge on any atom is -0.462 e. The monoisotopic (exact) mass is 483 g/mol. The van der Waals surface area contributed by atoms with Crippen LogP contribution in [0.1, 0.15) is 62.0 Å². The highest BCUT2D eigenvalue weighted by molar-refractivity contribution is 6.03. The van der Waals surface area contributed by atoms with Gasteiger partial charge in [-0.2, -0.15) is 0 Å². The molecule has 7 nitrogen and oxygen atoms in total. The van der Waals surface area contributed by atoms with E-state index < -0.39 is 12.0 Å². The van der Waals surface area contributed by atoms with Gasteiger partial charge in [0.1, 0.15) is 6.61 Å². The molecule has 0 heterocycles. The zero-order chi connectivity index (χ0) is 25.8. The van der Waals surface area contributed by atoms with Crippen LogP contribution < -0.4 is 5.32 Å². The predicted octanol–water partition coefficient (Wildman–Crippen LogP) is 4.88. The second-order valence-corrected chi connectivity index (χ2v) is 8.67. The van der Waals surface area contributed by atoms with E-state index in [1.807, 2.05) is 64.1 Å². The summed E-state index contributed by atoms with van der Waals surface area (Å²) in [6, 6.07) is 14.3. The van der Waals surface area contributed by atoms with Gasteiger partial charge in [-0.05, 0) is 51.3 Å². The molecule has 0 fully saturated rings. The average Bonchev–Trinajstić information content (AvgIpc) is 2.86. The summed E-state index contributed by atoms with van der Waals surface area (Å²) in [5.74, 6) is -1.03. The average molecular weight is 484 g/mol. The lowest BCUT2D eigenvalue weighted by molar-refractivity contribution is -0.933. The molecule has 1 atom stereocenters. The molecule has 1 N–H and O–H groups in total. The van der Waals surface area contributed by atoms with Gasteiger partial charge in [0.25, 0.3) is 5.91 Å². The van der Waals surface area contributed by atoms with Crippen LogP contribution in [0.2, 0.25) is 0 Å². The van der Waals surface area contributed by atoms with Crippen LogP contribution in [0.5, 0.6) is 0 Å². The maximum absolute atomic E-state index is 13.7. The fraction of sp³-hybridized carbons (Fsp3) is 0.464. The van der Waals surface area contributed by atoms with Crippen molar-refractivity contribution in [1.82, 2.24) is 0 Å². The first-order chi connectivity index (χ1) is 16.8. The molecule has 0 aliphatic heterocycles.